The number of ether oxygens (including phenoxy) is 2. The largest absolute Gasteiger partial charge is 0.497 e. The number of nitrogens with one attached hydrogen (secondary N) is 2. The molecule has 10 heteroatoms. The van der Waals surface area contributed by atoms with Crippen LogP contribution in [0.25, 0.3) is 11.0 Å². The first-order valence-corrected chi connectivity index (χ1v) is 14.5. The molecule has 0 atom stereocenters. The van der Waals surface area contributed by atoms with Crippen molar-refractivity contribution in [2.24, 2.45) is 0 Å². The van der Waals surface area contributed by atoms with Crippen LogP contribution >= 0.6 is 0 Å². The molecule has 0 spiro atoms. The Kier molecular flexibility index (Phi) is 7.93. The summed E-state index contributed by atoms with van der Waals surface area (Å²) in [6, 6.07) is 29.1. The Labute approximate surface area is 239 Å². The molecule has 5 aromatic rings. The monoisotopic (exact) mass is 569 g/mol. The Balaban J connectivity index is 1.60. The summed E-state index contributed by atoms with van der Waals surface area (Å²) in [7, 11) is -1.01. The van der Waals surface area contributed by atoms with E-state index >= 15 is 0 Å². The van der Waals surface area contributed by atoms with E-state index in [2.05, 4.69) is 15.0 Å². The topological polar surface area (TPSA) is 106 Å². The highest BCUT2D eigenvalue weighted by atomic mass is 32.2. The normalized spacial score (nSPS) is 11.3. The lowest BCUT2D eigenvalue weighted by molar-refractivity contribution is 0.395. The summed E-state index contributed by atoms with van der Waals surface area (Å²) in [5.74, 6) is 1.40. The number of hydrogen-bond acceptors (Lipinski definition) is 8. The molecular formula is C31H31N5O4S. The number of hydrogen-bond donors (Lipinski definition) is 2. The van der Waals surface area contributed by atoms with Crippen LogP contribution in [-0.2, 0) is 10.0 Å². The second-order valence-electron chi connectivity index (χ2n) is 9.51. The number of fused-ring (bicyclic) bond motifs is 1. The van der Waals surface area contributed by atoms with Crippen LogP contribution in [0.2, 0.25) is 0 Å². The first-order valence-electron chi connectivity index (χ1n) is 13.0. The summed E-state index contributed by atoms with van der Waals surface area (Å²) in [4.78, 5) is 11.4. The predicted molar refractivity (Wildman–Crippen MR) is 163 cm³/mol. The molecule has 0 fully saturated rings. The van der Waals surface area contributed by atoms with Crippen LogP contribution < -0.4 is 24.4 Å². The fourth-order valence-corrected chi connectivity index (χ4v) is 5.75. The maximum Gasteiger partial charge on any atom is 0.265 e. The number of sulfonamides is 1. The van der Waals surface area contributed by atoms with Crippen LogP contribution in [0, 0.1) is 0 Å². The maximum atomic E-state index is 14.0. The summed E-state index contributed by atoms with van der Waals surface area (Å²) < 4.78 is 41.6. The molecule has 0 saturated carbocycles. The molecule has 41 heavy (non-hydrogen) atoms. The van der Waals surface area contributed by atoms with Gasteiger partial charge in [-0.3, -0.25) is 4.72 Å². The van der Waals surface area contributed by atoms with E-state index in [0.29, 0.717) is 33.9 Å². The van der Waals surface area contributed by atoms with Crippen molar-refractivity contribution in [3.63, 3.8) is 0 Å². The average molecular weight is 570 g/mol. The van der Waals surface area contributed by atoms with E-state index in [-0.39, 0.29) is 22.6 Å². The third kappa shape index (κ3) is 6.02. The summed E-state index contributed by atoms with van der Waals surface area (Å²) in [5, 5.41) is 3.20. The molecule has 0 aliphatic carbocycles. The Morgan fingerprint density at radius 1 is 0.732 bits per heavy atom. The lowest BCUT2D eigenvalue weighted by Crippen LogP contribution is -2.28. The van der Waals surface area contributed by atoms with Crippen LogP contribution in [-0.4, -0.2) is 38.6 Å². The Hall–Kier alpha value is -4.83. The average Bonchev–Trinajstić information content (AvgIpc) is 2.97. The molecule has 0 amide bonds. The molecule has 9 nitrogen and oxygen atoms in total. The van der Waals surface area contributed by atoms with Gasteiger partial charge in [0.05, 0.1) is 30.9 Å². The Bertz CT molecular complexity index is 1760. The first-order chi connectivity index (χ1) is 19.8. The molecular weight excluding hydrogens is 538 g/mol. The highest BCUT2D eigenvalue weighted by Gasteiger charge is 2.26. The number of benzene rings is 4. The SMILES string of the molecule is COc1cc(Nc2nc3ccccc3nc2NS(=O)(=O)c2ccccc2N(c2ccccc2)C(C)C)cc(OC)c1. The highest BCUT2D eigenvalue weighted by Crippen LogP contribution is 2.36. The zero-order chi connectivity index (χ0) is 29.0. The van der Waals surface area contributed by atoms with Gasteiger partial charge in [-0.25, -0.2) is 18.4 Å². The first kappa shape index (κ1) is 27.7. The van der Waals surface area contributed by atoms with Crippen LogP contribution in [0.15, 0.2) is 102 Å². The predicted octanol–water partition coefficient (Wildman–Crippen LogP) is 6.74. The van der Waals surface area contributed by atoms with Gasteiger partial charge in [-0.2, -0.15) is 0 Å². The van der Waals surface area contributed by atoms with Gasteiger partial charge in [0.1, 0.15) is 16.4 Å². The Morgan fingerprint density at radius 3 is 1.90 bits per heavy atom. The minimum atomic E-state index is -4.12. The molecule has 210 valence electrons. The summed E-state index contributed by atoms with van der Waals surface area (Å²) in [6.45, 7) is 4.03. The molecule has 1 aromatic heterocycles. The van der Waals surface area contributed by atoms with Crippen molar-refractivity contribution in [2.75, 3.05) is 29.2 Å². The van der Waals surface area contributed by atoms with E-state index < -0.39 is 10.0 Å². The molecule has 0 radical (unpaired) electrons. The molecule has 0 bridgehead atoms. The second-order valence-corrected chi connectivity index (χ2v) is 11.2. The van der Waals surface area contributed by atoms with E-state index in [1.165, 1.54) is 0 Å². The van der Waals surface area contributed by atoms with Crippen LogP contribution in [0.1, 0.15) is 13.8 Å². The van der Waals surface area contributed by atoms with Crippen molar-refractivity contribution >= 4 is 49.8 Å². The van der Waals surface area contributed by atoms with Gasteiger partial charge in [-0.05, 0) is 50.2 Å². The van der Waals surface area contributed by atoms with Gasteiger partial charge in [0.2, 0.25) is 0 Å². The molecule has 1 heterocycles. The zero-order valence-corrected chi connectivity index (χ0v) is 24.0. The number of para-hydroxylation sites is 4. The van der Waals surface area contributed by atoms with Crippen LogP contribution in [0.5, 0.6) is 11.5 Å². The van der Waals surface area contributed by atoms with Gasteiger partial charge in [0, 0.05) is 35.6 Å². The fourth-order valence-electron chi connectivity index (χ4n) is 4.54. The van der Waals surface area contributed by atoms with Crippen molar-refractivity contribution < 1.29 is 17.9 Å². The van der Waals surface area contributed by atoms with Gasteiger partial charge >= 0.3 is 0 Å². The van der Waals surface area contributed by atoms with Crippen molar-refractivity contribution in [3.8, 4) is 11.5 Å². The van der Waals surface area contributed by atoms with Crippen molar-refractivity contribution in [3.05, 3.63) is 97.1 Å². The van der Waals surface area contributed by atoms with Gasteiger partial charge in [0.15, 0.2) is 11.6 Å². The number of nitrogens with zero attached hydrogens (tertiary/aromatic N) is 3. The molecule has 0 aliphatic heterocycles. The highest BCUT2D eigenvalue weighted by molar-refractivity contribution is 7.92. The van der Waals surface area contributed by atoms with Gasteiger partial charge in [-0.1, -0.05) is 42.5 Å². The van der Waals surface area contributed by atoms with Crippen molar-refractivity contribution in [1.29, 1.82) is 0 Å². The molecule has 0 unspecified atom stereocenters. The van der Waals surface area contributed by atoms with E-state index in [1.807, 2.05) is 73.3 Å². The number of methoxy groups -OCH3 is 2. The number of anilines is 5. The van der Waals surface area contributed by atoms with E-state index in [4.69, 9.17) is 14.5 Å². The molecule has 0 aliphatic rings. The number of rotatable bonds is 10. The van der Waals surface area contributed by atoms with E-state index in [0.717, 1.165) is 5.69 Å². The fraction of sp³-hybridized carbons (Fsp3) is 0.161. The number of aromatic nitrogens is 2. The molecule has 4 aromatic carbocycles. The van der Waals surface area contributed by atoms with Crippen LogP contribution in [0.4, 0.5) is 28.7 Å². The summed E-state index contributed by atoms with van der Waals surface area (Å²) in [5.41, 5.74) is 3.15. The minimum absolute atomic E-state index is 0.0190. The van der Waals surface area contributed by atoms with Gasteiger partial charge in [0.25, 0.3) is 10.0 Å². The van der Waals surface area contributed by atoms with Gasteiger partial charge < -0.3 is 19.7 Å². The molecule has 5 rings (SSSR count). The lowest BCUT2D eigenvalue weighted by Gasteiger charge is -2.31. The minimum Gasteiger partial charge on any atom is -0.497 e. The van der Waals surface area contributed by atoms with Crippen LogP contribution in [0.3, 0.4) is 0 Å². The third-order valence-electron chi connectivity index (χ3n) is 6.38. The quantitative estimate of drug-likeness (QED) is 0.191. The third-order valence-corrected chi connectivity index (χ3v) is 7.77. The molecule has 2 N–H and O–H groups in total. The van der Waals surface area contributed by atoms with E-state index in [1.54, 1.807) is 56.7 Å². The Morgan fingerprint density at radius 2 is 1.29 bits per heavy atom. The summed E-state index contributed by atoms with van der Waals surface area (Å²) in [6.07, 6.45) is 0. The molecule has 0 saturated heterocycles. The standard InChI is InChI=1S/C31H31N5O4S/c1-21(2)36(23-12-6-5-7-13-23)28-16-10-11-17-29(28)41(37,38)35-31-30(33-26-14-8-9-15-27(26)34-31)32-22-18-24(39-3)20-25(19-22)40-4/h5-21H,1-4H3,(H,32,33)(H,34,35). The van der Waals surface area contributed by atoms with Gasteiger partial charge in [-0.15, -0.1) is 0 Å². The summed E-state index contributed by atoms with van der Waals surface area (Å²) >= 11 is 0. The second kappa shape index (κ2) is 11.7. The van der Waals surface area contributed by atoms with Crippen molar-refractivity contribution in [1.82, 2.24) is 9.97 Å². The zero-order valence-electron chi connectivity index (χ0n) is 23.2. The van der Waals surface area contributed by atoms with E-state index in [9.17, 15) is 8.42 Å². The lowest BCUT2D eigenvalue weighted by atomic mass is 10.2. The van der Waals surface area contributed by atoms with Crippen molar-refractivity contribution in [2.45, 2.75) is 24.8 Å². The smallest absolute Gasteiger partial charge is 0.265 e. The maximum absolute atomic E-state index is 14.0.